The van der Waals surface area contributed by atoms with Gasteiger partial charge in [0, 0.05) is 6.07 Å². The Morgan fingerprint density at radius 2 is 1.86 bits per heavy atom. The number of fused-ring (bicyclic) bond motifs is 1. The van der Waals surface area contributed by atoms with Gasteiger partial charge in [-0.2, -0.15) is 13.2 Å². The number of para-hydroxylation sites is 2. The molecule has 0 fully saturated rings. The molecule has 0 aliphatic rings. The molecule has 0 amide bonds. The van der Waals surface area contributed by atoms with Crippen LogP contribution in [0.15, 0.2) is 54.6 Å². The monoisotopic (exact) mass is 509 g/mol. The van der Waals surface area contributed by atoms with E-state index in [1.807, 2.05) is 0 Å². The lowest BCUT2D eigenvalue weighted by Gasteiger charge is -2.16. The fourth-order valence-corrected chi connectivity index (χ4v) is 3.46. The molecule has 1 unspecified atom stereocenters. The number of hydrogen-bond donors (Lipinski definition) is 0. The molecule has 0 bridgehead atoms. The fourth-order valence-electron chi connectivity index (χ4n) is 3.22. The van der Waals surface area contributed by atoms with Crippen LogP contribution in [0.2, 0.25) is 5.02 Å². The second-order valence-electron chi connectivity index (χ2n) is 7.27. The van der Waals surface area contributed by atoms with Crippen molar-refractivity contribution >= 4 is 28.6 Å². The number of hydrogen-bond acceptors (Lipinski definition) is 6. The van der Waals surface area contributed by atoms with Gasteiger partial charge in [0.05, 0.1) is 23.2 Å². The molecule has 0 aliphatic carbocycles. The molecule has 1 heterocycles. The Morgan fingerprint density at radius 1 is 1.11 bits per heavy atom. The molecule has 0 aliphatic heterocycles. The summed E-state index contributed by atoms with van der Waals surface area (Å²) in [4.78, 5) is 11.8. The average molecular weight is 510 g/mol. The normalized spacial score (nSPS) is 12.4. The zero-order chi connectivity index (χ0) is 25.3. The minimum atomic E-state index is -4.76. The van der Waals surface area contributed by atoms with E-state index < -0.39 is 40.4 Å². The lowest BCUT2D eigenvalue weighted by Crippen LogP contribution is -2.25. The van der Waals surface area contributed by atoms with E-state index in [0.717, 1.165) is 0 Å². The maximum Gasteiger partial charge on any atom is 0.416 e. The highest BCUT2D eigenvalue weighted by Crippen LogP contribution is 2.39. The van der Waals surface area contributed by atoms with Gasteiger partial charge in [-0.1, -0.05) is 28.9 Å². The van der Waals surface area contributed by atoms with Crippen molar-refractivity contribution < 1.29 is 36.6 Å². The predicted molar refractivity (Wildman–Crippen MR) is 117 cm³/mol. The van der Waals surface area contributed by atoms with Gasteiger partial charge in [-0.25, -0.2) is 13.9 Å². The van der Waals surface area contributed by atoms with Crippen LogP contribution < -0.4 is 9.47 Å². The summed E-state index contributed by atoms with van der Waals surface area (Å²) >= 11 is 5.87. The topological polar surface area (TPSA) is 75.5 Å². The standard InChI is InChI=1S/C23H16ClF4N3O4/c1-12(22(32)33-2)34-20-6-4-3-5-18(20)31-19-11-14(7-8-17(19)29-30-31)35-21-15(24)9-13(10-16(21)25)23(26,27)28/h3-12H,1-2H3. The highest BCUT2D eigenvalue weighted by molar-refractivity contribution is 6.32. The summed E-state index contributed by atoms with van der Waals surface area (Å²) in [5.74, 6) is -2.03. The van der Waals surface area contributed by atoms with Crippen LogP contribution in [0.3, 0.4) is 0 Å². The molecule has 0 saturated carbocycles. The molecule has 0 spiro atoms. The van der Waals surface area contributed by atoms with E-state index in [4.69, 9.17) is 21.1 Å². The lowest BCUT2D eigenvalue weighted by atomic mass is 10.2. The maximum absolute atomic E-state index is 14.4. The third-order valence-electron chi connectivity index (χ3n) is 4.89. The highest BCUT2D eigenvalue weighted by atomic mass is 35.5. The summed E-state index contributed by atoms with van der Waals surface area (Å²) in [5.41, 5.74) is 0.0457. The average Bonchev–Trinajstić information content (AvgIpc) is 3.23. The van der Waals surface area contributed by atoms with E-state index in [2.05, 4.69) is 15.0 Å². The lowest BCUT2D eigenvalue weighted by molar-refractivity contribution is -0.147. The minimum absolute atomic E-state index is 0.0722. The van der Waals surface area contributed by atoms with Gasteiger partial charge in [-0.15, -0.1) is 5.10 Å². The van der Waals surface area contributed by atoms with Crippen molar-refractivity contribution in [1.82, 2.24) is 15.0 Å². The molecular formula is C23H16ClF4N3O4. The SMILES string of the molecule is COC(=O)C(C)Oc1ccccc1-n1nnc2ccc(Oc3c(F)cc(C(F)(F)F)cc3Cl)cc21. The summed E-state index contributed by atoms with van der Waals surface area (Å²) < 4.78 is 70.4. The number of ether oxygens (including phenoxy) is 3. The van der Waals surface area contributed by atoms with Crippen molar-refractivity contribution in [3.8, 4) is 22.9 Å². The number of alkyl halides is 3. The minimum Gasteiger partial charge on any atom is -0.477 e. The first-order valence-electron chi connectivity index (χ1n) is 10.0. The van der Waals surface area contributed by atoms with Crippen LogP contribution in [0.5, 0.6) is 17.2 Å². The number of rotatable bonds is 6. The number of methoxy groups -OCH3 is 1. The largest absolute Gasteiger partial charge is 0.477 e. The molecule has 0 saturated heterocycles. The molecule has 1 atom stereocenters. The molecule has 4 aromatic rings. The second kappa shape index (κ2) is 9.41. The van der Waals surface area contributed by atoms with Crippen LogP contribution in [-0.4, -0.2) is 34.2 Å². The zero-order valence-corrected chi connectivity index (χ0v) is 18.9. The van der Waals surface area contributed by atoms with Gasteiger partial charge < -0.3 is 14.2 Å². The molecule has 0 N–H and O–H groups in total. The third-order valence-corrected chi connectivity index (χ3v) is 5.17. The number of esters is 1. The Morgan fingerprint density at radius 3 is 2.54 bits per heavy atom. The number of benzene rings is 3. The van der Waals surface area contributed by atoms with Crippen LogP contribution in [-0.2, 0) is 15.7 Å². The van der Waals surface area contributed by atoms with E-state index in [1.54, 1.807) is 24.3 Å². The first-order valence-corrected chi connectivity index (χ1v) is 10.4. The van der Waals surface area contributed by atoms with Gasteiger partial charge in [0.25, 0.3) is 0 Å². The highest BCUT2D eigenvalue weighted by Gasteiger charge is 2.32. The van der Waals surface area contributed by atoms with Gasteiger partial charge in [-0.3, -0.25) is 0 Å². The van der Waals surface area contributed by atoms with Crippen molar-refractivity contribution in [3.05, 3.63) is 71.0 Å². The van der Waals surface area contributed by atoms with Gasteiger partial charge in [0.1, 0.15) is 22.7 Å². The number of carbonyl (C=O) groups excluding carboxylic acids is 1. The van der Waals surface area contributed by atoms with E-state index >= 15 is 0 Å². The van der Waals surface area contributed by atoms with Crippen LogP contribution in [0.4, 0.5) is 17.6 Å². The van der Waals surface area contributed by atoms with Gasteiger partial charge >= 0.3 is 12.1 Å². The summed E-state index contributed by atoms with van der Waals surface area (Å²) in [6.07, 6.45) is -5.67. The molecule has 1 aromatic heterocycles. The van der Waals surface area contributed by atoms with Crippen molar-refractivity contribution in [1.29, 1.82) is 0 Å². The van der Waals surface area contributed by atoms with Crippen molar-refractivity contribution in [2.24, 2.45) is 0 Å². The van der Waals surface area contributed by atoms with Gasteiger partial charge in [0.2, 0.25) is 0 Å². The molecule has 4 rings (SSSR count). The summed E-state index contributed by atoms with van der Waals surface area (Å²) in [6.45, 7) is 1.52. The predicted octanol–water partition coefficient (Wildman–Crippen LogP) is 5.96. The Labute approximate surface area is 200 Å². The number of carbonyl (C=O) groups is 1. The molecule has 3 aromatic carbocycles. The third kappa shape index (κ3) is 4.99. The second-order valence-corrected chi connectivity index (χ2v) is 7.68. The number of halogens is 5. The Kier molecular flexibility index (Phi) is 6.53. The summed E-state index contributed by atoms with van der Waals surface area (Å²) in [5, 5.41) is 7.64. The molecular weight excluding hydrogens is 494 g/mol. The van der Waals surface area contributed by atoms with E-state index in [1.165, 1.54) is 36.9 Å². The summed E-state index contributed by atoms with van der Waals surface area (Å²) in [6, 6.07) is 12.0. The van der Waals surface area contributed by atoms with E-state index in [0.29, 0.717) is 34.6 Å². The maximum atomic E-state index is 14.4. The Bertz CT molecular complexity index is 1380. The Balaban J connectivity index is 1.71. The van der Waals surface area contributed by atoms with Gasteiger partial charge in [0.15, 0.2) is 17.7 Å². The molecule has 182 valence electrons. The first-order chi connectivity index (χ1) is 16.6. The van der Waals surface area contributed by atoms with Crippen molar-refractivity contribution in [2.75, 3.05) is 7.11 Å². The van der Waals surface area contributed by atoms with Crippen molar-refractivity contribution in [2.45, 2.75) is 19.2 Å². The molecule has 35 heavy (non-hydrogen) atoms. The quantitative estimate of drug-likeness (QED) is 0.236. The van der Waals surface area contributed by atoms with E-state index in [9.17, 15) is 22.4 Å². The van der Waals surface area contributed by atoms with Crippen LogP contribution in [0.1, 0.15) is 12.5 Å². The molecule has 7 nitrogen and oxygen atoms in total. The van der Waals surface area contributed by atoms with Gasteiger partial charge in [-0.05, 0) is 43.3 Å². The van der Waals surface area contributed by atoms with Crippen LogP contribution in [0.25, 0.3) is 16.7 Å². The van der Waals surface area contributed by atoms with Crippen molar-refractivity contribution in [3.63, 3.8) is 0 Å². The van der Waals surface area contributed by atoms with Crippen LogP contribution >= 0.6 is 11.6 Å². The molecule has 0 radical (unpaired) electrons. The fraction of sp³-hybridized carbons (Fsp3) is 0.174. The number of aromatic nitrogens is 3. The van der Waals surface area contributed by atoms with E-state index in [-0.39, 0.29) is 5.75 Å². The summed E-state index contributed by atoms with van der Waals surface area (Å²) in [7, 11) is 1.24. The smallest absolute Gasteiger partial charge is 0.416 e. The van der Waals surface area contributed by atoms with Crippen LogP contribution in [0, 0.1) is 5.82 Å². The molecule has 12 heteroatoms. The number of nitrogens with zero attached hydrogens (tertiary/aromatic N) is 3. The first kappa shape index (κ1) is 24.3. The zero-order valence-electron chi connectivity index (χ0n) is 18.1. The Hall–Kier alpha value is -3.86.